The number of halogens is 1. The maximum absolute atomic E-state index is 12.6. The second-order valence-corrected chi connectivity index (χ2v) is 9.53. The number of hydrogen-bond donors (Lipinski definition) is 1. The molecule has 0 bridgehead atoms. The zero-order valence-corrected chi connectivity index (χ0v) is 19.5. The topological polar surface area (TPSA) is 59.8 Å². The molecule has 0 radical (unpaired) electrons. The Morgan fingerprint density at radius 2 is 1.94 bits per heavy atom. The highest BCUT2D eigenvalue weighted by molar-refractivity contribution is 7.99. The van der Waals surface area contributed by atoms with Gasteiger partial charge in [-0.1, -0.05) is 53.2 Å². The lowest BCUT2D eigenvalue weighted by atomic mass is 10.2. The molecule has 31 heavy (non-hydrogen) atoms. The molecule has 2 heterocycles. The highest BCUT2D eigenvalue weighted by atomic mass is 35.5. The first-order valence-electron chi connectivity index (χ1n) is 9.72. The zero-order valence-electron chi connectivity index (χ0n) is 17.1. The monoisotopic (exact) mass is 468 g/mol. The minimum atomic E-state index is -0.117. The largest absolute Gasteiger partial charge is 0.325 e. The van der Waals surface area contributed by atoms with Crippen LogP contribution in [-0.2, 0) is 11.2 Å². The SMILES string of the molecule is Cc1ccc(-n2c(Cc3cccs3)nnc2SCC(=O)Nc2cc(Cl)ccc2C)cc1. The van der Waals surface area contributed by atoms with Gasteiger partial charge in [-0.15, -0.1) is 21.5 Å². The molecule has 0 unspecified atom stereocenters. The van der Waals surface area contributed by atoms with Gasteiger partial charge in [0.1, 0.15) is 5.82 Å². The van der Waals surface area contributed by atoms with Crippen molar-refractivity contribution in [3.05, 3.63) is 86.8 Å². The number of carbonyl (C=O) groups excluding carboxylic acids is 1. The molecule has 2 aromatic carbocycles. The Bertz CT molecular complexity index is 1190. The third-order valence-electron chi connectivity index (χ3n) is 4.71. The molecule has 0 aliphatic carbocycles. The number of thiophene rings is 1. The summed E-state index contributed by atoms with van der Waals surface area (Å²) in [4.78, 5) is 13.8. The molecule has 158 valence electrons. The molecular weight excluding hydrogens is 448 g/mol. The number of nitrogens with zero attached hydrogens (tertiary/aromatic N) is 3. The number of benzene rings is 2. The third kappa shape index (κ3) is 5.36. The second-order valence-electron chi connectivity index (χ2n) is 7.12. The molecule has 0 aliphatic heterocycles. The van der Waals surface area contributed by atoms with Gasteiger partial charge >= 0.3 is 0 Å². The number of aryl methyl sites for hydroxylation is 2. The van der Waals surface area contributed by atoms with E-state index in [1.165, 1.54) is 22.2 Å². The quantitative estimate of drug-likeness (QED) is 0.342. The minimum absolute atomic E-state index is 0.117. The molecular formula is C23H21ClN4OS2. The van der Waals surface area contributed by atoms with E-state index in [1.54, 1.807) is 23.5 Å². The fourth-order valence-corrected chi connectivity index (χ4v) is 4.72. The zero-order chi connectivity index (χ0) is 21.8. The van der Waals surface area contributed by atoms with Crippen molar-refractivity contribution in [3.63, 3.8) is 0 Å². The number of anilines is 1. The maximum Gasteiger partial charge on any atom is 0.234 e. The Hall–Kier alpha value is -2.61. The summed E-state index contributed by atoms with van der Waals surface area (Å²) in [5, 5.41) is 15.1. The van der Waals surface area contributed by atoms with Crippen LogP contribution in [0.3, 0.4) is 0 Å². The van der Waals surface area contributed by atoms with E-state index >= 15 is 0 Å². The molecule has 0 fully saturated rings. The lowest BCUT2D eigenvalue weighted by molar-refractivity contribution is -0.113. The molecule has 0 saturated heterocycles. The van der Waals surface area contributed by atoms with Crippen molar-refractivity contribution in [2.24, 2.45) is 0 Å². The highest BCUT2D eigenvalue weighted by Crippen LogP contribution is 2.26. The minimum Gasteiger partial charge on any atom is -0.325 e. The van der Waals surface area contributed by atoms with Crippen molar-refractivity contribution in [2.45, 2.75) is 25.4 Å². The van der Waals surface area contributed by atoms with Crippen molar-refractivity contribution >= 4 is 46.3 Å². The van der Waals surface area contributed by atoms with E-state index < -0.39 is 0 Å². The number of rotatable bonds is 7. The van der Waals surface area contributed by atoms with Gasteiger partial charge in [0, 0.05) is 27.7 Å². The van der Waals surface area contributed by atoms with Crippen LogP contribution in [0.1, 0.15) is 21.8 Å². The number of amides is 1. The lowest BCUT2D eigenvalue weighted by Gasteiger charge is -2.11. The van der Waals surface area contributed by atoms with Gasteiger partial charge in [-0.2, -0.15) is 0 Å². The van der Waals surface area contributed by atoms with Crippen molar-refractivity contribution in [2.75, 3.05) is 11.1 Å². The molecule has 5 nitrogen and oxygen atoms in total. The van der Waals surface area contributed by atoms with Gasteiger partial charge in [-0.05, 0) is 55.1 Å². The predicted octanol–water partition coefficient (Wildman–Crippen LogP) is 5.92. The Morgan fingerprint density at radius 3 is 2.68 bits per heavy atom. The molecule has 4 rings (SSSR count). The number of nitrogens with one attached hydrogen (secondary N) is 1. The number of aromatic nitrogens is 3. The Morgan fingerprint density at radius 1 is 1.13 bits per heavy atom. The van der Waals surface area contributed by atoms with Gasteiger partial charge in [0.2, 0.25) is 5.91 Å². The summed E-state index contributed by atoms with van der Waals surface area (Å²) >= 11 is 9.11. The summed E-state index contributed by atoms with van der Waals surface area (Å²) in [7, 11) is 0. The van der Waals surface area contributed by atoms with Crippen LogP contribution in [0, 0.1) is 13.8 Å². The van der Waals surface area contributed by atoms with Crippen molar-refractivity contribution in [1.29, 1.82) is 0 Å². The number of thioether (sulfide) groups is 1. The average Bonchev–Trinajstić information content (AvgIpc) is 3.40. The van der Waals surface area contributed by atoms with Gasteiger partial charge < -0.3 is 5.32 Å². The van der Waals surface area contributed by atoms with E-state index in [0.29, 0.717) is 16.6 Å². The van der Waals surface area contributed by atoms with E-state index in [2.05, 4.69) is 58.1 Å². The lowest BCUT2D eigenvalue weighted by Crippen LogP contribution is -2.15. The molecule has 0 spiro atoms. The second kappa shape index (κ2) is 9.68. The van der Waals surface area contributed by atoms with Gasteiger partial charge in [-0.25, -0.2) is 0 Å². The average molecular weight is 469 g/mol. The first kappa shape index (κ1) is 21.6. The van der Waals surface area contributed by atoms with Crippen LogP contribution in [0.15, 0.2) is 65.1 Å². The summed E-state index contributed by atoms with van der Waals surface area (Å²) in [5.41, 5.74) is 3.85. The van der Waals surface area contributed by atoms with Crippen LogP contribution >= 0.6 is 34.7 Å². The first-order valence-corrected chi connectivity index (χ1v) is 12.0. The summed E-state index contributed by atoms with van der Waals surface area (Å²) < 4.78 is 2.03. The smallest absolute Gasteiger partial charge is 0.234 e. The molecule has 8 heteroatoms. The van der Waals surface area contributed by atoms with Crippen LogP contribution in [0.2, 0.25) is 5.02 Å². The molecule has 0 atom stereocenters. The Balaban J connectivity index is 1.54. The van der Waals surface area contributed by atoms with Crippen LogP contribution in [0.25, 0.3) is 5.69 Å². The Labute approximate surface area is 194 Å². The normalized spacial score (nSPS) is 10.9. The number of hydrogen-bond acceptors (Lipinski definition) is 5. The molecule has 1 amide bonds. The van der Waals surface area contributed by atoms with E-state index in [0.717, 1.165) is 22.8 Å². The van der Waals surface area contributed by atoms with Gasteiger partial charge in [0.05, 0.1) is 5.75 Å². The van der Waals surface area contributed by atoms with Crippen LogP contribution < -0.4 is 5.32 Å². The Kier molecular flexibility index (Phi) is 6.75. The summed E-state index contributed by atoms with van der Waals surface area (Å²) in [6, 6.07) is 17.8. The fourth-order valence-electron chi connectivity index (χ4n) is 3.08. The van der Waals surface area contributed by atoms with E-state index in [1.807, 2.05) is 23.6 Å². The third-order valence-corrected chi connectivity index (χ3v) is 6.75. The molecule has 4 aromatic rings. The van der Waals surface area contributed by atoms with Crippen molar-refractivity contribution in [3.8, 4) is 5.69 Å². The highest BCUT2D eigenvalue weighted by Gasteiger charge is 2.17. The van der Waals surface area contributed by atoms with Crippen molar-refractivity contribution < 1.29 is 4.79 Å². The standard InChI is InChI=1S/C23H21ClN4OS2/c1-15-5-9-18(10-6-15)28-21(13-19-4-3-11-30-19)26-27-23(28)31-14-22(29)25-20-12-17(24)8-7-16(20)2/h3-12H,13-14H2,1-2H3,(H,25,29). The van der Waals surface area contributed by atoms with Crippen LogP contribution in [0.5, 0.6) is 0 Å². The van der Waals surface area contributed by atoms with Crippen LogP contribution in [0.4, 0.5) is 5.69 Å². The van der Waals surface area contributed by atoms with Crippen molar-refractivity contribution in [1.82, 2.24) is 14.8 Å². The summed E-state index contributed by atoms with van der Waals surface area (Å²) in [6.45, 7) is 3.99. The van der Waals surface area contributed by atoms with Gasteiger partial charge in [-0.3, -0.25) is 9.36 Å². The van der Waals surface area contributed by atoms with E-state index in [-0.39, 0.29) is 11.7 Å². The summed E-state index contributed by atoms with van der Waals surface area (Å²) in [5.74, 6) is 0.947. The van der Waals surface area contributed by atoms with Gasteiger partial charge in [0.25, 0.3) is 0 Å². The summed E-state index contributed by atoms with van der Waals surface area (Å²) in [6.07, 6.45) is 0.688. The van der Waals surface area contributed by atoms with Gasteiger partial charge in [0.15, 0.2) is 5.16 Å². The van der Waals surface area contributed by atoms with E-state index in [9.17, 15) is 4.79 Å². The number of carbonyl (C=O) groups is 1. The molecule has 1 N–H and O–H groups in total. The predicted molar refractivity (Wildman–Crippen MR) is 129 cm³/mol. The molecule has 0 aliphatic rings. The van der Waals surface area contributed by atoms with Crippen LogP contribution in [-0.4, -0.2) is 26.4 Å². The molecule has 0 saturated carbocycles. The maximum atomic E-state index is 12.6. The molecule has 2 aromatic heterocycles. The van der Waals surface area contributed by atoms with E-state index in [4.69, 9.17) is 11.6 Å². The fraction of sp³-hybridized carbons (Fsp3) is 0.174. The first-order chi connectivity index (χ1) is 15.0.